The summed E-state index contributed by atoms with van der Waals surface area (Å²) in [5.74, 6) is -0.173. The molecule has 102 valence electrons. The van der Waals surface area contributed by atoms with Gasteiger partial charge in [0.1, 0.15) is 0 Å². The number of hydrogen-bond donors (Lipinski definition) is 2. The number of amides is 1. The predicted molar refractivity (Wildman–Crippen MR) is 68.0 cm³/mol. The summed E-state index contributed by atoms with van der Waals surface area (Å²) in [5, 5.41) is 12.1. The zero-order valence-corrected chi connectivity index (χ0v) is 11.0. The van der Waals surface area contributed by atoms with Crippen LogP contribution in [0, 0.1) is 17.8 Å². The first kappa shape index (κ1) is 13.4. The van der Waals surface area contributed by atoms with Gasteiger partial charge in [-0.2, -0.15) is 0 Å². The van der Waals surface area contributed by atoms with E-state index >= 15 is 0 Å². The smallest absolute Gasteiger partial charge is 0.306 e. The molecule has 0 radical (unpaired) electrons. The number of carbonyl (C=O) groups is 2. The lowest BCUT2D eigenvalue weighted by Crippen LogP contribution is -2.41. The van der Waals surface area contributed by atoms with Crippen LogP contribution in [0.4, 0.5) is 0 Å². The van der Waals surface area contributed by atoms with Crippen LogP contribution in [0.25, 0.3) is 0 Å². The maximum Gasteiger partial charge on any atom is 0.306 e. The van der Waals surface area contributed by atoms with Crippen LogP contribution < -0.4 is 5.32 Å². The predicted octanol–water partition coefficient (Wildman–Crippen LogP) is 2.18. The van der Waals surface area contributed by atoms with Gasteiger partial charge in [-0.1, -0.05) is 13.3 Å². The van der Waals surface area contributed by atoms with Gasteiger partial charge in [0.05, 0.1) is 5.92 Å². The molecule has 0 saturated heterocycles. The molecule has 2 rings (SSSR count). The van der Waals surface area contributed by atoms with Crippen LogP contribution in [0.5, 0.6) is 0 Å². The largest absolute Gasteiger partial charge is 0.481 e. The second-order valence-electron chi connectivity index (χ2n) is 5.91. The summed E-state index contributed by atoms with van der Waals surface area (Å²) < 4.78 is 0. The standard InChI is InChI=1S/C14H23NO3/c1-9-3-2-4-12(9)15-13(16)10-5-7-11(8-6-10)14(17)18/h9-12H,2-8H2,1H3,(H,15,16)(H,17,18). The fourth-order valence-electron chi connectivity index (χ4n) is 3.26. The quantitative estimate of drug-likeness (QED) is 0.810. The first-order valence-corrected chi connectivity index (χ1v) is 7.11. The molecular weight excluding hydrogens is 230 g/mol. The number of aliphatic carboxylic acids is 1. The van der Waals surface area contributed by atoms with Crippen LogP contribution in [0.1, 0.15) is 51.9 Å². The summed E-state index contributed by atoms with van der Waals surface area (Å²) in [6.07, 6.45) is 6.25. The van der Waals surface area contributed by atoms with Crippen molar-refractivity contribution in [3.05, 3.63) is 0 Å². The highest BCUT2D eigenvalue weighted by atomic mass is 16.4. The molecule has 0 aromatic heterocycles. The molecule has 1 amide bonds. The Hall–Kier alpha value is -1.06. The highest BCUT2D eigenvalue weighted by Crippen LogP contribution is 2.30. The lowest BCUT2D eigenvalue weighted by molar-refractivity contribution is -0.144. The molecule has 0 heterocycles. The molecule has 2 aliphatic rings. The van der Waals surface area contributed by atoms with E-state index in [1.165, 1.54) is 12.8 Å². The highest BCUT2D eigenvalue weighted by molar-refractivity contribution is 5.79. The summed E-state index contributed by atoms with van der Waals surface area (Å²) in [4.78, 5) is 23.0. The normalized spacial score (nSPS) is 36.3. The van der Waals surface area contributed by atoms with Crippen LogP contribution in [0.15, 0.2) is 0 Å². The Morgan fingerprint density at radius 3 is 2.11 bits per heavy atom. The molecule has 2 unspecified atom stereocenters. The van der Waals surface area contributed by atoms with Crippen molar-refractivity contribution in [1.29, 1.82) is 0 Å². The molecule has 2 atom stereocenters. The number of carboxylic acids is 1. The van der Waals surface area contributed by atoms with Crippen LogP contribution >= 0.6 is 0 Å². The maximum atomic E-state index is 12.1. The van der Waals surface area contributed by atoms with Crippen molar-refractivity contribution in [1.82, 2.24) is 5.32 Å². The molecule has 2 saturated carbocycles. The van der Waals surface area contributed by atoms with Gasteiger partial charge in [0.2, 0.25) is 5.91 Å². The SMILES string of the molecule is CC1CCCC1NC(=O)C1CCC(C(=O)O)CC1. The van der Waals surface area contributed by atoms with E-state index in [1.54, 1.807) is 0 Å². The molecule has 2 aliphatic carbocycles. The minimum Gasteiger partial charge on any atom is -0.481 e. The zero-order valence-electron chi connectivity index (χ0n) is 11.0. The van der Waals surface area contributed by atoms with Crippen molar-refractivity contribution >= 4 is 11.9 Å². The average molecular weight is 253 g/mol. The van der Waals surface area contributed by atoms with Gasteiger partial charge in [-0.15, -0.1) is 0 Å². The first-order valence-electron chi connectivity index (χ1n) is 7.11. The van der Waals surface area contributed by atoms with Crippen molar-refractivity contribution in [3.8, 4) is 0 Å². The molecule has 0 spiro atoms. The number of carbonyl (C=O) groups excluding carboxylic acids is 1. The highest BCUT2D eigenvalue weighted by Gasteiger charge is 2.32. The van der Waals surface area contributed by atoms with Crippen LogP contribution in [0.3, 0.4) is 0 Å². The Kier molecular flexibility index (Phi) is 4.25. The number of carboxylic acid groups (broad SMARTS) is 1. The summed E-state index contributed by atoms with van der Waals surface area (Å²) >= 11 is 0. The molecule has 0 aromatic rings. The molecule has 4 heteroatoms. The van der Waals surface area contributed by atoms with Gasteiger partial charge < -0.3 is 10.4 Å². The summed E-state index contributed by atoms with van der Waals surface area (Å²) in [6.45, 7) is 2.19. The molecule has 2 fully saturated rings. The van der Waals surface area contributed by atoms with Gasteiger partial charge in [-0.25, -0.2) is 0 Å². The monoisotopic (exact) mass is 253 g/mol. The Balaban J connectivity index is 1.79. The first-order chi connectivity index (χ1) is 8.58. The lowest BCUT2D eigenvalue weighted by atomic mass is 9.81. The van der Waals surface area contributed by atoms with Crippen LogP contribution in [-0.4, -0.2) is 23.0 Å². The van der Waals surface area contributed by atoms with Crippen molar-refractivity contribution < 1.29 is 14.7 Å². The van der Waals surface area contributed by atoms with Gasteiger partial charge >= 0.3 is 5.97 Å². The van der Waals surface area contributed by atoms with Gasteiger partial charge in [-0.05, 0) is 44.4 Å². The Labute approximate surface area is 108 Å². The molecule has 0 aromatic carbocycles. The summed E-state index contributed by atoms with van der Waals surface area (Å²) in [5.41, 5.74) is 0. The third-order valence-corrected chi connectivity index (χ3v) is 4.64. The molecule has 0 bridgehead atoms. The third kappa shape index (κ3) is 3.03. The molecule has 18 heavy (non-hydrogen) atoms. The second kappa shape index (κ2) is 5.72. The van der Waals surface area contributed by atoms with Crippen molar-refractivity contribution in [2.24, 2.45) is 17.8 Å². The van der Waals surface area contributed by atoms with E-state index < -0.39 is 5.97 Å². The maximum absolute atomic E-state index is 12.1. The molecule has 2 N–H and O–H groups in total. The van der Waals surface area contributed by atoms with Gasteiger partial charge in [0.25, 0.3) is 0 Å². The number of hydrogen-bond acceptors (Lipinski definition) is 2. The molecule has 0 aliphatic heterocycles. The van der Waals surface area contributed by atoms with E-state index in [0.29, 0.717) is 24.8 Å². The van der Waals surface area contributed by atoms with Gasteiger partial charge in [-0.3, -0.25) is 9.59 Å². The van der Waals surface area contributed by atoms with Crippen molar-refractivity contribution in [3.63, 3.8) is 0 Å². The minimum atomic E-state index is -0.710. The van der Waals surface area contributed by atoms with Gasteiger partial charge in [0.15, 0.2) is 0 Å². The summed E-state index contributed by atoms with van der Waals surface area (Å²) in [6, 6.07) is 0.342. The fourth-order valence-corrected chi connectivity index (χ4v) is 3.26. The Morgan fingerprint density at radius 2 is 1.61 bits per heavy atom. The van der Waals surface area contributed by atoms with Crippen molar-refractivity contribution in [2.75, 3.05) is 0 Å². The topological polar surface area (TPSA) is 66.4 Å². The number of rotatable bonds is 3. The lowest BCUT2D eigenvalue weighted by Gasteiger charge is -2.27. The van der Waals surface area contributed by atoms with Crippen molar-refractivity contribution in [2.45, 2.75) is 57.9 Å². The van der Waals surface area contributed by atoms with E-state index in [1.807, 2.05) is 0 Å². The fraction of sp³-hybridized carbons (Fsp3) is 0.857. The van der Waals surface area contributed by atoms with E-state index in [2.05, 4.69) is 12.2 Å². The van der Waals surface area contributed by atoms with E-state index in [-0.39, 0.29) is 17.7 Å². The van der Waals surface area contributed by atoms with E-state index in [0.717, 1.165) is 19.3 Å². The zero-order chi connectivity index (χ0) is 13.1. The van der Waals surface area contributed by atoms with Gasteiger partial charge in [0, 0.05) is 12.0 Å². The summed E-state index contributed by atoms with van der Waals surface area (Å²) in [7, 11) is 0. The van der Waals surface area contributed by atoms with E-state index in [4.69, 9.17) is 5.11 Å². The Bertz CT molecular complexity index is 321. The van der Waals surface area contributed by atoms with E-state index in [9.17, 15) is 9.59 Å². The number of nitrogens with one attached hydrogen (secondary N) is 1. The Morgan fingerprint density at radius 1 is 1.00 bits per heavy atom. The molecular formula is C14H23NO3. The molecule has 4 nitrogen and oxygen atoms in total. The minimum absolute atomic E-state index is 0.0356. The van der Waals surface area contributed by atoms with Crippen LogP contribution in [-0.2, 0) is 9.59 Å². The average Bonchev–Trinajstić information content (AvgIpc) is 2.75. The third-order valence-electron chi connectivity index (χ3n) is 4.64. The van der Waals surface area contributed by atoms with Crippen LogP contribution in [0.2, 0.25) is 0 Å². The second-order valence-corrected chi connectivity index (χ2v) is 5.91.